The number of hydrogen-bond donors (Lipinski definition) is 0. The highest BCUT2D eigenvalue weighted by Gasteiger charge is 2.33. The van der Waals surface area contributed by atoms with Gasteiger partial charge in [-0.2, -0.15) is 23.5 Å². The van der Waals surface area contributed by atoms with Gasteiger partial charge in [0.25, 0.3) is 5.56 Å². The third-order valence-corrected chi connectivity index (χ3v) is 5.00. The molecule has 0 aliphatic heterocycles. The Hall–Kier alpha value is -4.52. The molecular weight excluding hydrogens is 452 g/mol. The number of nitrogens with zero attached hydrogens (tertiary/aromatic N) is 4. The second kappa shape index (κ2) is 8.78. The molecule has 0 amide bonds. The molecule has 0 aliphatic rings. The van der Waals surface area contributed by atoms with Gasteiger partial charge in [-0.15, -0.1) is 0 Å². The fraction of sp³-hybridized carbons (Fsp3) is 0.0833. The van der Waals surface area contributed by atoms with E-state index < -0.39 is 23.5 Å². The predicted octanol–water partition coefficient (Wildman–Crippen LogP) is 4.48. The molecule has 6 nitrogen and oxygen atoms in total. The summed E-state index contributed by atoms with van der Waals surface area (Å²) in [6.07, 6.45) is -2.46. The summed E-state index contributed by atoms with van der Waals surface area (Å²) in [5, 5.41) is 12.7. The zero-order valence-electron chi connectivity index (χ0n) is 17.3. The van der Waals surface area contributed by atoms with Crippen LogP contribution in [0.1, 0.15) is 27.2 Å². The first kappa shape index (κ1) is 22.7. The van der Waals surface area contributed by atoms with Gasteiger partial charge in [-0.3, -0.25) is 14.2 Å². The van der Waals surface area contributed by atoms with Gasteiger partial charge >= 0.3 is 6.18 Å². The van der Waals surface area contributed by atoms with Crippen LogP contribution in [0.4, 0.5) is 17.6 Å². The Bertz CT molecular complexity index is 1500. The normalized spacial score (nSPS) is 11.3. The first-order valence-electron chi connectivity index (χ1n) is 9.84. The molecular formula is C24H14F4N4O2. The fourth-order valence-electron chi connectivity index (χ4n) is 3.33. The van der Waals surface area contributed by atoms with E-state index in [0.717, 1.165) is 23.0 Å². The van der Waals surface area contributed by atoms with Crippen molar-refractivity contribution in [2.75, 3.05) is 0 Å². The van der Waals surface area contributed by atoms with E-state index in [2.05, 4.69) is 5.10 Å². The van der Waals surface area contributed by atoms with Crippen LogP contribution in [0.3, 0.4) is 0 Å². The maximum Gasteiger partial charge on any atom is 0.435 e. The van der Waals surface area contributed by atoms with E-state index in [1.807, 2.05) is 6.07 Å². The Morgan fingerprint density at radius 3 is 2.44 bits per heavy atom. The van der Waals surface area contributed by atoms with E-state index in [0.29, 0.717) is 0 Å². The van der Waals surface area contributed by atoms with Crippen molar-refractivity contribution in [1.82, 2.24) is 14.3 Å². The first-order chi connectivity index (χ1) is 16.2. The van der Waals surface area contributed by atoms with Crippen molar-refractivity contribution in [2.24, 2.45) is 0 Å². The van der Waals surface area contributed by atoms with E-state index in [1.54, 1.807) is 12.1 Å². The summed E-state index contributed by atoms with van der Waals surface area (Å²) in [5.74, 6) is -1.26. The van der Waals surface area contributed by atoms with E-state index >= 15 is 0 Å². The van der Waals surface area contributed by atoms with Gasteiger partial charge in [0.15, 0.2) is 11.5 Å². The van der Waals surface area contributed by atoms with Crippen LogP contribution in [0.25, 0.3) is 11.4 Å². The number of nitriles is 1. The number of rotatable bonds is 5. The number of Topliss-reactive ketones (excluding diaryl/α,β-unsaturated/α-hetero) is 1. The minimum absolute atomic E-state index is 0.0147. The molecule has 0 saturated carbocycles. The minimum atomic E-state index is -4.65. The first-order valence-corrected chi connectivity index (χ1v) is 9.84. The molecule has 170 valence electrons. The Kier molecular flexibility index (Phi) is 5.86. The lowest BCUT2D eigenvalue weighted by Crippen LogP contribution is -2.16. The summed E-state index contributed by atoms with van der Waals surface area (Å²) in [6.45, 7) is 0. The van der Waals surface area contributed by atoms with Gasteiger partial charge < -0.3 is 0 Å². The maximum atomic E-state index is 14.7. The lowest BCUT2D eigenvalue weighted by Gasteiger charge is -2.09. The van der Waals surface area contributed by atoms with Crippen molar-refractivity contribution in [3.8, 4) is 17.4 Å². The summed E-state index contributed by atoms with van der Waals surface area (Å²) < 4.78 is 55.5. The summed E-state index contributed by atoms with van der Waals surface area (Å²) >= 11 is 0. The zero-order chi connectivity index (χ0) is 24.5. The number of ketones is 1. The highest BCUT2D eigenvalue weighted by Crippen LogP contribution is 2.28. The number of carbonyl (C=O) groups excluding carboxylic acids is 1. The average molecular weight is 466 g/mol. The molecule has 2 heterocycles. The highest BCUT2D eigenvalue weighted by atomic mass is 19.4. The van der Waals surface area contributed by atoms with Crippen molar-refractivity contribution >= 4 is 5.78 Å². The molecule has 2 aromatic heterocycles. The van der Waals surface area contributed by atoms with Crippen molar-refractivity contribution in [2.45, 2.75) is 12.6 Å². The monoisotopic (exact) mass is 466 g/mol. The number of halogens is 4. The fourth-order valence-corrected chi connectivity index (χ4v) is 3.33. The second-order valence-corrected chi connectivity index (χ2v) is 7.31. The van der Waals surface area contributed by atoms with Crippen LogP contribution in [-0.4, -0.2) is 20.1 Å². The minimum Gasteiger partial charge on any atom is -0.294 e. The standard InChI is InChI=1S/C24H14F4N4O2/c25-20-13-18(31-7-2-1-3-23(31)34)5-4-16(20)12-21(33)17-9-15(14-29)10-19(11-17)32-8-6-22(30-32)24(26,27)28/h1-11,13H,12H2. The molecule has 0 fully saturated rings. The van der Waals surface area contributed by atoms with Crippen molar-refractivity contribution in [1.29, 1.82) is 5.26 Å². The van der Waals surface area contributed by atoms with E-state index in [-0.39, 0.29) is 40.0 Å². The Morgan fingerprint density at radius 1 is 1.00 bits per heavy atom. The van der Waals surface area contributed by atoms with Crippen LogP contribution >= 0.6 is 0 Å². The molecule has 0 aliphatic carbocycles. The van der Waals surface area contributed by atoms with Crippen molar-refractivity contribution in [3.63, 3.8) is 0 Å². The Balaban J connectivity index is 1.63. The number of carbonyl (C=O) groups is 1. The number of aromatic nitrogens is 3. The molecule has 34 heavy (non-hydrogen) atoms. The molecule has 0 spiro atoms. The van der Waals surface area contributed by atoms with Gasteiger partial charge in [0.1, 0.15) is 5.82 Å². The smallest absolute Gasteiger partial charge is 0.294 e. The zero-order valence-corrected chi connectivity index (χ0v) is 17.3. The molecule has 0 N–H and O–H groups in total. The molecule has 4 aromatic rings. The number of benzene rings is 2. The van der Waals surface area contributed by atoms with E-state index in [1.165, 1.54) is 47.2 Å². The molecule has 2 aromatic carbocycles. The van der Waals surface area contributed by atoms with Crippen LogP contribution < -0.4 is 5.56 Å². The summed E-state index contributed by atoms with van der Waals surface area (Å²) in [4.78, 5) is 24.8. The molecule has 0 unspecified atom stereocenters. The Labute approximate surface area is 189 Å². The van der Waals surface area contributed by atoms with Crippen LogP contribution in [0.5, 0.6) is 0 Å². The molecule has 0 atom stereocenters. The third-order valence-electron chi connectivity index (χ3n) is 5.00. The van der Waals surface area contributed by atoms with Crippen LogP contribution in [0.2, 0.25) is 0 Å². The summed E-state index contributed by atoms with van der Waals surface area (Å²) in [7, 11) is 0. The van der Waals surface area contributed by atoms with Crippen molar-refractivity contribution in [3.05, 3.63) is 112 Å². The number of alkyl halides is 3. The molecule has 0 radical (unpaired) electrons. The lowest BCUT2D eigenvalue weighted by molar-refractivity contribution is -0.141. The summed E-state index contributed by atoms with van der Waals surface area (Å²) in [6, 6.07) is 15.0. The Morgan fingerprint density at radius 2 is 1.79 bits per heavy atom. The van der Waals surface area contributed by atoms with Gasteiger partial charge in [-0.05, 0) is 48.0 Å². The second-order valence-electron chi connectivity index (χ2n) is 7.31. The van der Waals surface area contributed by atoms with Crippen LogP contribution in [-0.2, 0) is 12.6 Å². The summed E-state index contributed by atoms with van der Waals surface area (Å²) in [5.41, 5.74) is -1.00. The largest absolute Gasteiger partial charge is 0.435 e. The van der Waals surface area contributed by atoms with Gasteiger partial charge in [-0.25, -0.2) is 9.07 Å². The number of hydrogen-bond acceptors (Lipinski definition) is 4. The topological polar surface area (TPSA) is 80.7 Å². The number of pyridine rings is 1. The van der Waals surface area contributed by atoms with E-state index in [9.17, 15) is 32.4 Å². The maximum absolute atomic E-state index is 14.7. The van der Waals surface area contributed by atoms with Gasteiger partial charge in [0.2, 0.25) is 0 Å². The molecule has 0 bridgehead atoms. The predicted molar refractivity (Wildman–Crippen MR) is 113 cm³/mol. The average Bonchev–Trinajstić information content (AvgIpc) is 3.31. The molecule has 10 heteroatoms. The van der Waals surface area contributed by atoms with Gasteiger partial charge in [0.05, 0.1) is 23.0 Å². The lowest BCUT2D eigenvalue weighted by atomic mass is 10.00. The molecule has 0 saturated heterocycles. The van der Waals surface area contributed by atoms with Gasteiger partial charge in [-0.1, -0.05) is 12.1 Å². The van der Waals surface area contributed by atoms with E-state index in [4.69, 9.17) is 0 Å². The SMILES string of the molecule is N#Cc1cc(C(=O)Cc2ccc(-n3ccccc3=O)cc2F)cc(-n2ccc(C(F)(F)F)n2)c1. The quantitative estimate of drug-likeness (QED) is 0.321. The van der Waals surface area contributed by atoms with Crippen LogP contribution in [0.15, 0.2) is 77.9 Å². The van der Waals surface area contributed by atoms with Crippen LogP contribution in [0, 0.1) is 17.1 Å². The third kappa shape index (κ3) is 4.63. The van der Waals surface area contributed by atoms with Crippen molar-refractivity contribution < 1.29 is 22.4 Å². The highest BCUT2D eigenvalue weighted by molar-refractivity contribution is 5.98. The van der Waals surface area contributed by atoms with Gasteiger partial charge in [0, 0.05) is 30.4 Å². The molecule has 4 rings (SSSR count).